The summed E-state index contributed by atoms with van der Waals surface area (Å²) in [6.45, 7) is 14.4. The zero-order chi connectivity index (χ0) is 16.5. The summed E-state index contributed by atoms with van der Waals surface area (Å²) in [5.41, 5.74) is 11.3. The van der Waals surface area contributed by atoms with Crippen molar-refractivity contribution >= 4 is 13.9 Å². The van der Waals surface area contributed by atoms with Crippen LogP contribution in [0.1, 0.15) is 56.9 Å². The molecule has 22 heavy (non-hydrogen) atoms. The van der Waals surface area contributed by atoms with Gasteiger partial charge in [-0.1, -0.05) is 45.0 Å². The highest BCUT2D eigenvalue weighted by Crippen LogP contribution is 2.41. The number of nitrogens with two attached hydrogens (primary N) is 1. The van der Waals surface area contributed by atoms with E-state index in [4.69, 9.17) is 10.2 Å². The molecule has 0 bridgehead atoms. The topological polar surface area (TPSA) is 35.2 Å². The minimum absolute atomic E-state index is 0.154. The quantitative estimate of drug-likeness (QED) is 0.771. The van der Waals surface area contributed by atoms with Crippen LogP contribution in [-0.4, -0.2) is 14.9 Å². The van der Waals surface area contributed by atoms with Gasteiger partial charge in [0.1, 0.15) is 0 Å². The molecule has 0 spiro atoms. The largest absolute Gasteiger partial charge is 0.410 e. The summed E-state index contributed by atoms with van der Waals surface area (Å²) in [5, 5.41) is 0.238. The first-order valence-corrected chi connectivity index (χ1v) is 11.3. The van der Waals surface area contributed by atoms with Crippen LogP contribution in [0.4, 0.5) is 0 Å². The van der Waals surface area contributed by atoms with Gasteiger partial charge in [-0.05, 0) is 66.7 Å². The molecule has 2 rings (SSSR count). The smallest absolute Gasteiger partial charge is 0.192 e. The van der Waals surface area contributed by atoms with Crippen molar-refractivity contribution < 1.29 is 4.43 Å². The summed E-state index contributed by atoms with van der Waals surface area (Å²) in [7, 11) is -1.75. The highest BCUT2D eigenvalue weighted by atomic mass is 28.4. The van der Waals surface area contributed by atoms with Gasteiger partial charge in [0.2, 0.25) is 0 Å². The van der Waals surface area contributed by atoms with E-state index < -0.39 is 8.32 Å². The van der Waals surface area contributed by atoms with Gasteiger partial charge < -0.3 is 10.2 Å². The summed E-state index contributed by atoms with van der Waals surface area (Å²) in [6, 6.07) is 6.62. The van der Waals surface area contributed by atoms with Crippen LogP contribution >= 0.6 is 0 Å². The standard InChI is InChI=1S/C19H31NOSi/c1-14(21-22(5,6)19(2,3)4)16-8-7-9-17-15(12-13-20)10-11-18(16)17/h7-10,14H,11-13,20H2,1-6H3. The molecule has 1 aliphatic carbocycles. The molecule has 0 heterocycles. The molecule has 2 nitrogen and oxygen atoms in total. The third-order valence-electron chi connectivity index (χ3n) is 5.24. The van der Waals surface area contributed by atoms with Crippen LogP contribution < -0.4 is 5.73 Å². The van der Waals surface area contributed by atoms with Gasteiger partial charge >= 0.3 is 0 Å². The molecule has 122 valence electrons. The minimum Gasteiger partial charge on any atom is -0.410 e. The SMILES string of the molecule is CC(O[Si](C)(C)C(C)(C)C)c1cccc2c1CC=C2CCN. The van der Waals surface area contributed by atoms with Gasteiger partial charge in [-0.15, -0.1) is 0 Å². The molecule has 0 saturated carbocycles. The van der Waals surface area contributed by atoms with Gasteiger partial charge in [-0.3, -0.25) is 0 Å². The van der Waals surface area contributed by atoms with Crippen LogP contribution in [0.5, 0.6) is 0 Å². The molecule has 1 atom stereocenters. The molecule has 1 aliphatic rings. The molecule has 0 aliphatic heterocycles. The van der Waals surface area contributed by atoms with Crippen molar-refractivity contribution in [3.8, 4) is 0 Å². The fourth-order valence-electron chi connectivity index (χ4n) is 2.92. The Balaban J connectivity index is 2.25. The van der Waals surface area contributed by atoms with E-state index in [0.29, 0.717) is 6.54 Å². The third kappa shape index (κ3) is 3.37. The molecular weight excluding hydrogens is 286 g/mol. The molecule has 0 amide bonds. The van der Waals surface area contributed by atoms with Crippen LogP contribution in [0.15, 0.2) is 24.3 Å². The molecule has 2 N–H and O–H groups in total. The Bertz CT molecular complexity index is 569. The Morgan fingerprint density at radius 2 is 1.95 bits per heavy atom. The van der Waals surface area contributed by atoms with Crippen molar-refractivity contribution in [2.75, 3.05) is 6.54 Å². The Morgan fingerprint density at radius 3 is 2.55 bits per heavy atom. The molecule has 0 fully saturated rings. The zero-order valence-corrected chi connectivity index (χ0v) is 16.0. The average molecular weight is 318 g/mol. The molecular formula is C19H31NOSi. The van der Waals surface area contributed by atoms with Crippen molar-refractivity contribution in [2.45, 2.75) is 64.8 Å². The van der Waals surface area contributed by atoms with Crippen molar-refractivity contribution in [2.24, 2.45) is 5.73 Å². The lowest BCUT2D eigenvalue weighted by Gasteiger charge is -2.39. The molecule has 0 radical (unpaired) electrons. The number of hydrogen-bond donors (Lipinski definition) is 1. The van der Waals surface area contributed by atoms with Crippen LogP contribution in [0.3, 0.4) is 0 Å². The number of fused-ring (bicyclic) bond motifs is 1. The maximum Gasteiger partial charge on any atom is 0.192 e. The summed E-state index contributed by atoms with van der Waals surface area (Å²) in [6.07, 6.45) is 4.47. The average Bonchev–Trinajstić information content (AvgIpc) is 2.80. The molecule has 0 saturated heterocycles. The predicted octanol–water partition coefficient (Wildman–Crippen LogP) is 5.06. The van der Waals surface area contributed by atoms with Gasteiger partial charge in [0.05, 0.1) is 6.10 Å². The van der Waals surface area contributed by atoms with Crippen molar-refractivity contribution in [3.63, 3.8) is 0 Å². The Kier molecular flexibility index (Phi) is 5.00. The number of rotatable bonds is 5. The van der Waals surface area contributed by atoms with Crippen molar-refractivity contribution in [1.82, 2.24) is 0 Å². The Morgan fingerprint density at radius 1 is 1.27 bits per heavy atom. The fourth-order valence-corrected chi connectivity index (χ4v) is 4.29. The monoisotopic (exact) mass is 317 g/mol. The number of allylic oxidation sites excluding steroid dienone is 1. The summed E-state index contributed by atoms with van der Waals surface area (Å²) < 4.78 is 6.60. The lowest BCUT2D eigenvalue weighted by Crippen LogP contribution is -2.41. The number of hydrogen-bond acceptors (Lipinski definition) is 2. The molecule has 0 aromatic heterocycles. The molecule has 3 heteroatoms. The van der Waals surface area contributed by atoms with E-state index in [-0.39, 0.29) is 11.1 Å². The van der Waals surface area contributed by atoms with E-state index in [2.05, 4.69) is 65.1 Å². The van der Waals surface area contributed by atoms with Gasteiger partial charge in [0.25, 0.3) is 0 Å². The van der Waals surface area contributed by atoms with Crippen LogP contribution in [-0.2, 0) is 10.8 Å². The van der Waals surface area contributed by atoms with E-state index in [1.807, 2.05) is 0 Å². The predicted molar refractivity (Wildman–Crippen MR) is 98.5 cm³/mol. The van der Waals surface area contributed by atoms with Crippen molar-refractivity contribution in [1.29, 1.82) is 0 Å². The summed E-state index contributed by atoms with van der Waals surface area (Å²) in [4.78, 5) is 0. The fraction of sp³-hybridized carbons (Fsp3) is 0.579. The Labute approximate surface area is 136 Å². The maximum atomic E-state index is 6.60. The summed E-state index contributed by atoms with van der Waals surface area (Å²) >= 11 is 0. The second-order valence-corrected chi connectivity index (χ2v) is 12.6. The molecule has 1 unspecified atom stereocenters. The lowest BCUT2D eigenvalue weighted by molar-refractivity contribution is 0.202. The highest BCUT2D eigenvalue weighted by Gasteiger charge is 2.39. The van der Waals surface area contributed by atoms with Gasteiger partial charge in [0, 0.05) is 0 Å². The first-order valence-electron chi connectivity index (χ1n) is 8.36. The van der Waals surface area contributed by atoms with Crippen molar-refractivity contribution in [3.05, 3.63) is 41.0 Å². The van der Waals surface area contributed by atoms with E-state index in [0.717, 1.165) is 12.8 Å². The lowest BCUT2D eigenvalue weighted by atomic mass is 9.96. The van der Waals surface area contributed by atoms with E-state index in [1.165, 1.54) is 22.3 Å². The highest BCUT2D eigenvalue weighted by molar-refractivity contribution is 6.74. The van der Waals surface area contributed by atoms with Gasteiger partial charge in [0.15, 0.2) is 8.32 Å². The second-order valence-electron chi connectivity index (χ2n) is 7.87. The van der Waals surface area contributed by atoms with E-state index in [9.17, 15) is 0 Å². The summed E-state index contributed by atoms with van der Waals surface area (Å²) in [5.74, 6) is 0. The van der Waals surface area contributed by atoms with Gasteiger partial charge in [-0.2, -0.15) is 0 Å². The third-order valence-corrected chi connectivity index (χ3v) is 9.80. The van der Waals surface area contributed by atoms with Crippen LogP contribution in [0.25, 0.3) is 5.57 Å². The normalized spacial score (nSPS) is 16.4. The first kappa shape index (κ1) is 17.5. The van der Waals surface area contributed by atoms with E-state index in [1.54, 1.807) is 0 Å². The van der Waals surface area contributed by atoms with Crippen LogP contribution in [0, 0.1) is 0 Å². The van der Waals surface area contributed by atoms with E-state index >= 15 is 0 Å². The maximum absolute atomic E-state index is 6.60. The van der Waals surface area contributed by atoms with Gasteiger partial charge in [-0.25, -0.2) is 0 Å². The second kappa shape index (κ2) is 6.30. The number of benzene rings is 1. The zero-order valence-electron chi connectivity index (χ0n) is 15.0. The molecule has 1 aromatic rings. The van der Waals surface area contributed by atoms with Crippen LogP contribution in [0.2, 0.25) is 18.1 Å². The first-order chi connectivity index (χ1) is 10.2. The minimum atomic E-state index is -1.75. The Hall–Kier alpha value is -0.903. The molecule has 1 aromatic carbocycles.